The van der Waals surface area contributed by atoms with Crippen LogP contribution in [0.3, 0.4) is 0 Å². The maximum atomic E-state index is 10.7. The number of aromatic carboxylic acids is 1. The fourth-order valence-electron chi connectivity index (χ4n) is 1.11. The molecule has 3 N–H and O–H groups in total. The van der Waals surface area contributed by atoms with Gasteiger partial charge < -0.3 is 15.3 Å². The molecular weight excluding hydrogens is 232 g/mol. The topological polar surface area (TPSA) is 114 Å². The van der Waals surface area contributed by atoms with Gasteiger partial charge in [-0.1, -0.05) is 0 Å². The van der Waals surface area contributed by atoms with E-state index in [2.05, 4.69) is 4.98 Å². The first-order valence-electron chi connectivity index (χ1n) is 4.41. The van der Waals surface area contributed by atoms with Crippen molar-refractivity contribution in [2.75, 3.05) is 0 Å². The molecule has 1 aromatic heterocycles. The molecule has 0 radical (unpaired) electrons. The second-order valence-corrected chi connectivity index (χ2v) is 4.18. The zero-order valence-electron chi connectivity index (χ0n) is 8.41. The van der Waals surface area contributed by atoms with Crippen molar-refractivity contribution in [3.63, 3.8) is 0 Å². The van der Waals surface area contributed by atoms with Crippen LogP contribution in [0, 0.1) is 18.3 Å². The zero-order valence-corrected chi connectivity index (χ0v) is 9.23. The summed E-state index contributed by atoms with van der Waals surface area (Å²) in [6.07, 6.45) is -2.81. The van der Waals surface area contributed by atoms with Crippen LogP contribution in [0.1, 0.15) is 32.9 Å². The Kier molecular flexibility index (Phi) is 3.95. The number of hydrogen-bond donors (Lipinski definition) is 3. The molecule has 0 aliphatic rings. The molecule has 0 aromatic carbocycles. The van der Waals surface area contributed by atoms with Crippen molar-refractivity contribution in [1.82, 2.24) is 4.98 Å². The predicted molar refractivity (Wildman–Crippen MR) is 55.0 cm³/mol. The summed E-state index contributed by atoms with van der Waals surface area (Å²) in [4.78, 5) is 14.6. The van der Waals surface area contributed by atoms with Gasteiger partial charge >= 0.3 is 5.97 Å². The number of nitrogens with zero attached hydrogens (tertiary/aromatic N) is 2. The molecule has 1 rings (SSSR count). The summed E-state index contributed by atoms with van der Waals surface area (Å²) in [5.41, 5.74) is 0.288. The number of carbonyl (C=O) groups is 1. The van der Waals surface area contributed by atoms with Gasteiger partial charge in [0.2, 0.25) is 0 Å². The molecule has 0 amide bonds. The van der Waals surface area contributed by atoms with E-state index < -0.39 is 18.2 Å². The van der Waals surface area contributed by atoms with E-state index in [0.29, 0.717) is 0 Å². The van der Waals surface area contributed by atoms with Crippen LogP contribution in [0.5, 0.6) is 0 Å². The summed E-state index contributed by atoms with van der Waals surface area (Å²) in [7, 11) is 0. The number of carboxylic acids is 1. The van der Waals surface area contributed by atoms with E-state index in [1.165, 1.54) is 6.92 Å². The molecule has 0 fully saturated rings. The van der Waals surface area contributed by atoms with Gasteiger partial charge in [-0.05, 0) is 6.92 Å². The number of aryl methyl sites for hydroxylation is 1. The lowest BCUT2D eigenvalue weighted by atomic mass is 10.1. The SMILES string of the molecule is Cc1nc(C(O)C(O)CC#N)sc1C(=O)O. The summed E-state index contributed by atoms with van der Waals surface area (Å²) in [6, 6.07) is 1.71. The average molecular weight is 242 g/mol. The second-order valence-electron chi connectivity index (χ2n) is 3.15. The van der Waals surface area contributed by atoms with Crippen LogP contribution >= 0.6 is 11.3 Å². The molecule has 1 heterocycles. The van der Waals surface area contributed by atoms with E-state index in [1.807, 2.05) is 0 Å². The largest absolute Gasteiger partial charge is 0.477 e. The zero-order chi connectivity index (χ0) is 12.3. The molecule has 0 saturated heterocycles. The van der Waals surface area contributed by atoms with E-state index in [4.69, 9.17) is 10.4 Å². The van der Waals surface area contributed by atoms with Crippen LogP contribution in [-0.2, 0) is 0 Å². The smallest absolute Gasteiger partial charge is 0.347 e. The normalized spacial score (nSPS) is 14.1. The van der Waals surface area contributed by atoms with Crippen LogP contribution in [0.15, 0.2) is 0 Å². The molecule has 7 heteroatoms. The van der Waals surface area contributed by atoms with Crippen molar-refractivity contribution in [2.24, 2.45) is 0 Å². The Hall–Kier alpha value is -1.49. The monoisotopic (exact) mass is 242 g/mol. The quantitative estimate of drug-likeness (QED) is 0.706. The van der Waals surface area contributed by atoms with Gasteiger partial charge in [-0.25, -0.2) is 9.78 Å². The Bertz CT molecular complexity index is 437. The molecule has 0 aliphatic heterocycles. The van der Waals surface area contributed by atoms with Crippen molar-refractivity contribution in [3.8, 4) is 6.07 Å². The van der Waals surface area contributed by atoms with Gasteiger partial charge in [0.05, 0.1) is 24.3 Å². The number of aliphatic hydroxyl groups excluding tert-OH is 2. The molecule has 0 spiro atoms. The Morgan fingerprint density at radius 2 is 2.25 bits per heavy atom. The van der Waals surface area contributed by atoms with Crippen molar-refractivity contribution in [3.05, 3.63) is 15.6 Å². The van der Waals surface area contributed by atoms with E-state index in [1.54, 1.807) is 6.07 Å². The summed E-state index contributed by atoms with van der Waals surface area (Å²) in [5.74, 6) is -1.12. The third-order valence-electron chi connectivity index (χ3n) is 1.93. The third-order valence-corrected chi connectivity index (χ3v) is 3.14. The molecule has 2 atom stereocenters. The summed E-state index contributed by atoms with van der Waals surface area (Å²) in [5, 5.41) is 36.2. The summed E-state index contributed by atoms with van der Waals surface area (Å²) in [6.45, 7) is 1.51. The molecule has 1 aromatic rings. The second kappa shape index (κ2) is 5.03. The molecular formula is C9H10N2O4S. The van der Waals surface area contributed by atoms with Gasteiger partial charge in [-0.2, -0.15) is 5.26 Å². The van der Waals surface area contributed by atoms with Crippen LogP contribution < -0.4 is 0 Å². The Balaban J connectivity index is 2.93. The first kappa shape index (κ1) is 12.6. The van der Waals surface area contributed by atoms with Crippen molar-refractivity contribution in [1.29, 1.82) is 5.26 Å². The minimum absolute atomic E-state index is 0.0261. The van der Waals surface area contributed by atoms with Crippen LogP contribution in [0.25, 0.3) is 0 Å². The predicted octanol–water partition coefficient (Wildman–Crippen LogP) is 0.458. The van der Waals surface area contributed by atoms with Gasteiger partial charge in [-0.15, -0.1) is 11.3 Å². The Morgan fingerprint density at radius 3 is 2.69 bits per heavy atom. The van der Waals surface area contributed by atoms with E-state index >= 15 is 0 Å². The number of rotatable bonds is 4. The van der Waals surface area contributed by atoms with E-state index in [9.17, 15) is 15.0 Å². The lowest BCUT2D eigenvalue weighted by molar-refractivity contribution is 0.0214. The maximum Gasteiger partial charge on any atom is 0.347 e. The standard InChI is InChI=1S/C9H10N2O4S/c1-4-7(9(14)15)16-8(11-4)6(13)5(12)2-3-10/h5-6,12-13H,2H2,1H3,(H,14,15). The fourth-order valence-corrected chi connectivity index (χ4v) is 2.06. The Morgan fingerprint density at radius 1 is 1.62 bits per heavy atom. The highest BCUT2D eigenvalue weighted by atomic mass is 32.1. The van der Waals surface area contributed by atoms with E-state index in [0.717, 1.165) is 11.3 Å². The van der Waals surface area contributed by atoms with Crippen LogP contribution in [-0.4, -0.2) is 32.4 Å². The first-order chi connectivity index (χ1) is 7.47. The number of nitriles is 1. The van der Waals surface area contributed by atoms with Crippen LogP contribution in [0.2, 0.25) is 0 Å². The minimum Gasteiger partial charge on any atom is -0.477 e. The highest BCUT2D eigenvalue weighted by Gasteiger charge is 2.24. The molecule has 2 unspecified atom stereocenters. The maximum absolute atomic E-state index is 10.7. The number of hydrogen-bond acceptors (Lipinski definition) is 6. The molecule has 0 aliphatic carbocycles. The van der Waals surface area contributed by atoms with Gasteiger partial charge in [0, 0.05) is 0 Å². The van der Waals surface area contributed by atoms with Crippen molar-refractivity contribution < 1.29 is 20.1 Å². The Labute approximate surface area is 95.4 Å². The number of carboxylic acid groups (broad SMARTS) is 1. The number of aromatic nitrogens is 1. The fraction of sp³-hybridized carbons (Fsp3) is 0.444. The molecule has 0 bridgehead atoms. The number of thiazole rings is 1. The minimum atomic E-state index is -1.32. The summed E-state index contributed by atoms with van der Waals surface area (Å²) >= 11 is 0.800. The third kappa shape index (κ3) is 2.55. The number of aliphatic hydroxyl groups is 2. The lowest BCUT2D eigenvalue weighted by Gasteiger charge is -2.11. The van der Waals surface area contributed by atoms with Gasteiger partial charge in [0.15, 0.2) is 0 Å². The lowest BCUT2D eigenvalue weighted by Crippen LogP contribution is -2.17. The van der Waals surface area contributed by atoms with Gasteiger partial charge in [-0.3, -0.25) is 0 Å². The highest BCUT2D eigenvalue weighted by Crippen LogP contribution is 2.26. The van der Waals surface area contributed by atoms with Gasteiger partial charge in [0.1, 0.15) is 16.0 Å². The van der Waals surface area contributed by atoms with Crippen LogP contribution in [0.4, 0.5) is 0 Å². The molecule has 6 nitrogen and oxygen atoms in total. The average Bonchev–Trinajstić information content (AvgIpc) is 2.59. The van der Waals surface area contributed by atoms with Gasteiger partial charge in [0.25, 0.3) is 0 Å². The molecule has 16 heavy (non-hydrogen) atoms. The highest BCUT2D eigenvalue weighted by molar-refractivity contribution is 7.13. The first-order valence-corrected chi connectivity index (χ1v) is 5.22. The molecule has 0 saturated carbocycles. The summed E-state index contributed by atoms with van der Waals surface area (Å²) < 4.78 is 0. The molecule has 86 valence electrons. The van der Waals surface area contributed by atoms with E-state index in [-0.39, 0.29) is 22.0 Å². The van der Waals surface area contributed by atoms with Crippen molar-refractivity contribution >= 4 is 17.3 Å². The van der Waals surface area contributed by atoms with Crippen molar-refractivity contribution in [2.45, 2.75) is 25.6 Å².